The average molecular weight is 508 g/mol. The van der Waals surface area contributed by atoms with Gasteiger partial charge in [-0.3, -0.25) is 14.2 Å². The Morgan fingerprint density at radius 2 is 1.72 bits per heavy atom. The normalized spacial score (nSPS) is 11.1. The number of amides is 1. The van der Waals surface area contributed by atoms with Crippen molar-refractivity contribution in [2.24, 2.45) is 0 Å². The van der Waals surface area contributed by atoms with Crippen LogP contribution in [0.25, 0.3) is 16.6 Å². The first-order valence-corrected chi connectivity index (χ1v) is 12.0. The van der Waals surface area contributed by atoms with Crippen molar-refractivity contribution in [2.75, 3.05) is 11.1 Å². The van der Waals surface area contributed by atoms with Gasteiger partial charge in [-0.15, -0.1) is 0 Å². The molecular weight excluding hydrogens is 486 g/mol. The van der Waals surface area contributed by atoms with Crippen molar-refractivity contribution in [1.29, 1.82) is 0 Å². The van der Waals surface area contributed by atoms with Crippen LogP contribution in [0.15, 0.2) is 87.2 Å². The lowest BCUT2D eigenvalue weighted by atomic mass is 10.0. The largest absolute Gasteiger partial charge is 0.324 e. The summed E-state index contributed by atoms with van der Waals surface area (Å²) >= 11 is 4.68. The van der Waals surface area contributed by atoms with Crippen molar-refractivity contribution in [3.05, 3.63) is 93.2 Å². The molecule has 1 amide bonds. The molecule has 0 unspecified atom stereocenters. The maximum absolute atomic E-state index is 13.4. The van der Waals surface area contributed by atoms with Crippen molar-refractivity contribution >= 4 is 50.2 Å². The van der Waals surface area contributed by atoms with Crippen LogP contribution in [0.5, 0.6) is 0 Å². The van der Waals surface area contributed by atoms with Gasteiger partial charge in [-0.25, -0.2) is 4.98 Å². The highest BCUT2D eigenvalue weighted by Crippen LogP contribution is 2.25. The molecule has 1 heterocycles. The zero-order chi connectivity index (χ0) is 22.7. The van der Waals surface area contributed by atoms with E-state index in [4.69, 9.17) is 4.98 Å². The van der Waals surface area contributed by atoms with E-state index in [0.717, 1.165) is 10.2 Å². The maximum atomic E-state index is 13.4. The Bertz CT molecular complexity index is 1330. The van der Waals surface area contributed by atoms with Gasteiger partial charge in [-0.1, -0.05) is 62.0 Å². The van der Waals surface area contributed by atoms with Crippen LogP contribution >= 0.6 is 27.7 Å². The molecule has 0 saturated heterocycles. The molecule has 7 heteroatoms. The monoisotopic (exact) mass is 507 g/mol. The number of nitrogens with zero attached hydrogens (tertiary/aromatic N) is 2. The third kappa shape index (κ3) is 4.79. The molecule has 0 aliphatic heterocycles. The van der Waals surface area contributed by atoms with E-state index in [9.17, 15) is 9.59 Å². The summed E-state index contributed by atoms with van der Waals surface area (Å²) in [6.07, 6.45) is 0. The minimum Gasteiger partial charge on any atom is -0.324 e. The molecule has 32 heavy (non-hydrogen) atoms. The second-order valence-corrected chi connectivity index (χ2v) is 9.41. The number of nitrogens with one attached hydrogen (secondary N) is 1. The number of fused-ring (bicyclic) bond motifs is 1. The second-order valence-electron chi connectivity index (χ2n) is 7.62. The molecular formula is C25H22BrN3O2S. The summed E-state index contributed by atoms with van der Waals surface area (Å²) in [5.41, 5.74) is 3.08. The van der Waals surface area contributed by atoms with Gasteiger partial charge in [-0.05, 0) is 63.8 Å². The fourth-order valence-corrected chi connectivity index (χ4v) is 4.52. The van der Waals surface area contributed by atoms with Gasteiger partial charge < -0.3 is 5.32 Å². The Balaban J connectivity index is 1.68. The highest BCUT2D eigenvalue weighted by Gasteiger charge is 2.15. The molecule has 4 rings (SSSR count). The van der Waals surface area contributed by atoms with Crippen LogP contribution < -0.4 is 10.9 Å². The summed E-state index contributed by atoms with van der Waals surface area (Å²) in [4.78, 5) is 30.6. The number of anilines is 1. The van der Waals surface area contributed by atoms with Gasteiger partial charge in [0.15, 0.2) is 5.16 Å². The fourth-order valence-electron chi connectivity index (χ4n) is 3.32. The number of benzene rings is 3. The number of carbonyl (C=O) groups is 1. The lowest BCUT2D eigenvalue weighted by Gasteiger charge is -2.14. The van der Waals surface area contributed by atoms with E-state index < -0.39 is 0 Å². The van der Waals surface area contributed by atoms with Crippen molar-refractivity contribution < 1.29 is 4.79 Å². The van der Waals surface area contributed by atoms with E-state index in [-0.39, 0.29) is 17.2 Å². The van der Waals surface area contributed by atoms with Crippen LogP contribution in [0.2, 0.25) is 0 Å². The highest BCUT2D eigenvalue weighted by atomic mass is 79.9. The Kier molecular flexibility index (Phi) is 6.77. The summed E-state index contributed by atoms with van der Waals surface area (Å²) in [5, 5.41) is 3.91. The molecule has 3 aromatic carbocycles. The Labute approximate surface area is 199 Å². The zero-order valence-corrected chi connectivity index (χ0v) is 20.1. The molecule has 4 aromatic rings. The van der Waals surface area contributed by atoms with E-state index in [2.05, 4.69) is 35.1 Å². The van der Waals surface area contributed by atoms with Crippen molar-refractivity contribution in [1.82, 2.24) is 9.55 Å². The van der Waals surface area contributed by atoms with Gasteiger partial charge in [0.25, 0.3) is 5.56 Å². The lowest BCUT2D eigenvalue weighted by Crippen LogP contribution is -2.23. The minimum atomic E-state index is -0.175. The number of aromatic nitrogens is 2. The molecule has 1 N–H and O–H groups in total. The van der Waals surface area contributed by atoms with Gasteiger partial charge >= 0.3 is 0 Å². The number of thioether (sulfide) groups is 1. The van der Waals surface area contributed by atoms with Crippen LogP contribution in [0.4, 0.5) is 5.69 Å². The predicted octanol–water partition coefficient (Wildman–Crippen LogP) is 6.00. The van der Waals surface area contributed by atoms with Crippen LogP contribution in [0.1, 0.15) is 25.3 Å². The van der Waals surface area contributed by atoms with E-state index in [1.807, 2.05) is 66.7 Å². The summed E-state index contributed by atoms with van der Waals surface area (Å²) in [5.74, 6) is 0.340. The predicted molar refractivity (Wildman–Crippen MR) is 135 cm³/mol. The summed E-state index contributed by atoms with van der Waals surface area (Å²) in [6.45, 7) is 4.26. The first-order valence-electron chi connectivity index (χ1n) is 10.2. The fraction of sp³-hybridized carbons (Fsp3) is 0.160. The van der Waals surface area contributed by atoms with Crippen LogP contribution in [0, 0.1) is 0 Å². The smallest absolute Gasteiger partial charge is 0.266 e. The third-order valence-electron chi connectivity index (χ3n) is 5.04. The molecule has 0 saturated carbocycles. The first kappa shape index (κ1) is 22.3. The second kappa shape index (κ2) is 9.71. The van der Waals surface area contributed by atoms with Crippen LogP contribution in [-0.2, 0) is 4.79 Å². The minimum absolute atomic E-state index is 0.121. The van der Waals surface area contributed by atoms with Crippen molar-refractivity contribution in [3.63, 3.8) is 0 Å². The number of rotatable bonds is 6. The maximum Gasteiger partial charge on any atom is 0.266 e. The van der Waals surface area contributed by atoms with Crippen LogP contribution in [-0.4, -0.2) is 21.2 Å². The van der Waals surface area contributed by atoms with Crippen LogP contribution in [0.3, 0.4) is 0 Å². The molecule has 0 atom stereocenters. The number of carbonyl (C=O) groups excluding carboxylic acids is 1. The number of halogens is 1. The molecule has 0 radical (unpaired) electrons. The van der Waals surface area contributed by atoms with Crippen molar-refractivity contribution in [3.8, 4) is 5.69 Å². The summed E-state index contributed by atoms with van der Waals surface area (Å²) in [6, 6.07) is 22.6. The Morgan fingerprint density at radius 1 is 1.03 bits per heavy atom. The van der Waals surface area contributed by atoms with E-state index in [0.29, 0.717) is 27.7 Å². The van der Waals surface area contributed by atoms with E-state index >= 15 is 0 Å². The van der Waals surface area contributed by atoms with Gasteiger partial charge in [-0.2, -0.15) is 0 Å². The number of para-hydroxylation sites is 2. The topological polar surface area (TPSA) is 64.0 Å². The highest BCUT2D eigenvalue weighted by molar-refractivity contribution is 9.10. The molecule has 0 fully saturated rings. The Morgan fingerprint density at radius 3 is 2.44 bits per heavy atom. The molecule has 5 nitrogen and oxygen atoms in total. The van der Waals surface area contributed by atoms with Crippen molar-refractivity contribution in [2.45, 2.75) is 24.9 Å². The SMILES string of the molecule is CC(C)c1ccc(-n2c(SCC(=O)Nc3ccccc3Br)nc3ccccc3c2=O)cc1. The molecule has 1 aromatic heterocycles. The first-order chi connectivity index (χ1) is 15.4. The molecule has 0 aliphatic carbocycles. The average Bonchev–Trinajstić information content (AvgIpc) is 2.79. The molecule has 0 aliphatic rings. The molecule has 0 bridgehead atoms. The third-order valence-corrected chi connectivity index (χ3v) is 6.67. The van der Waals surface area contributed by atoms with E-state index in [1.54, 1.807) is 10.6 Å². The number of hydrogen-bond acceptors (Lipinski definition) is 4. The van der Waals surface area contributed by atoms with Gasteiger partial charge in [0.05, 0.1) is 28.0 Å². The molecule has 162 valence electrons. The van der Waals surface area contributed by atoms with Gasteiger partial charge in [0, 0.05) is 4.47 Å². The Hall–Kier alpha value is -2.90. The quantitative estimate of drug-likeness (QED) is 0.256. The summed E-state index contributed by atoms with van der Waals surface area (Å²) in [7, 11) is 0. The summed E-state index contributed by atoms with van der Waals surface area (Å²) < 4.78 is 2.40. The van der Waals surface area contributed by atoms with E-state index in [1.165, 1.54) is 17.3 Å². The zero-order valence-electron chi connectivity index (χ0n) is 17.7. The lowest BCUT2D eigenvalue weighted by molar-refractivity contribution is -0.113. The molecule has 0 spiro atoms. The van der Waals surface area contributed by atoms with Gasteiger partial charge in [0.1, 0.15) is 0 Å². The van der Waals surface area contributed by atoms with Gasteiger partial charge in [0.2, 0.25) is 5.91 Å². The standard InChI is InChI=1S/C25H22BrN3O2S/c1-16(2)17-11-13-18(14-12-17)29-24(31)19-7-3-5-9-21(19)28-25(29)32-15-23(30)27-22-10-6-4-8-20(22)26/h3-14,16H,15H2,1-2H3,(H,27,30). The number of hydrogen-bond donors (Lipinski definition) is 1.